The first-order valence-corrected chi connectivity index (χ1v) is 7.49. The summed E-state index contributed by atoms with van der Waals surface area (Å²) < 4.78 is 2.03. The number of nitrogens with one attached hydrogen (secondary N) is 1. The quantitative estimate of drug-likeness (QED) is 0.830. The van der Waals surface area contributed by atoms with Crippen LogP contribution in [0.2, 0.25) is 5.02 Å². The van der Waals surface area contributed by atoms with Gasteiger partial charge in [0.15, 0.2) is 0 Å². The van der Waals surface area contributed by atoms with Gasteiger partial charge in [0, 0.05) is 12.6 Å². The van der Waals surface area contributed by atoms with Crippen LogP contribution < -0.4 is 5.32 Å². The zero-order chi connectivity index (χ0) is 13.0. The molecule has 1 aromatic rings. The van der Waals surface area contributed by atoms with Crippen molar-refractivity contribution in [3.8, 4) is 0 Å². The molecule has 1 saturated carbocycles. The number of nitrogens with zero attached hydrogens (tertiary/aromatic N) is 2. The maximum atomic E-state index is 6.13. The van der Waals surface area contributed by atoms with Crippen molar-refractivity contribution in [1.29, 1.82) is 0 Å². The molecule has 0 unspecified atom stereocenters. The molecule has 0 amide bonds. The van der Waals surface area contributed by atoms with E-state index in [1.807, 2.05) is 18.5 Å². The van der Waals surface area contributed by atoms with Crippen molar-refractivity contribution in [2.24, 2.45) is 0 Å². The molecular formula is C14H24ClN3. The Kier molecular flexibility index (Phi) is 5.07. The number of aryl methyl sites for hydroxylation is 2. The number of hydrogen-bond acceptors (Lipinski definition) is 2. The fourth-order valence-electron chi connectivity index (χ4n) is 2.73. The molecule has 4 heteroatoms. The first-order chi connectivity index (χ1) is 8.68. The Bertz CT molecular complexity index is 381. The zero-order valence-corrected chi connectivity index (χ0v) is 12.3. The highest BCUT2D eigenvalue weighted by molar-refractivity contribution is 6.31. The Morgan fingerprint density at radius 1 is 1.28 bits per heavy atom. The molecule has 18 heavy (non-hydrogen) atoms. The highest BCUT2D eigenvalue weighted by atomic mass is 35.5. The summed E-state index contributed by atoms with van der Waals surface area (Å²) in [6.07, 6.45) is 8.03. The summed E-state index contributed by atoms with van der Waals surface area (Å²) in [7, 11) is 0. The number of halogens is 1. The Balaban J connectivity index is 1.70. The highest BCUT2D eigenvalue weighted by Gasteiger charge is 2.12. The average molecular weight is 270 g/mol. The lowest BCUT2D eigenvalue weighted by atomic mass is 9.95. The molecule has 1 heterocycles. The van der Waals surface area contributed by atoms with Crippen LogP contribution in [0.25, 0.3) is 0 Å². The van der Waals surface area contributed by atoms with E-state index in [1.165, 1.54) is 32.1 Å². The van der Waals surface area contributed by atoms with E-state index in [9.17, 15) is 0 Å². The van der Waals surface area contributed by atoms with Crippen molar-refractivity contribution < 1.29 is 0 Å². The minimum absolute atomic E-state index is 0.753. The van der Waals surface area contributed by atoms with Gasteiger partial charge in [-0.3, -0.25) is 4.68 Å². The first-order valence-electron chi connectivity index (χ1n) is 7.11. The molecule has 1 aromatic heterocycles. The molecule has 0 atom stereocenters. The Hall–Kier alpha value is -0.540. The predicted octanol–water partition coefficient (Wildman–Crippen LogP) is 3.47. The molecule has 1 fully saturated rings. The van der Waals surface area contributed by atoms with Crippen LogP contribution in [0.4, 0.5) is 0 Å². The second kappa shape index (κ2) is 6.58. The topological polar surface area (TPSA) is 29.9 Å². The molecule has 0 aliphatic heterocycles. The van der Waals surface area contributed by atoms with Crippen molar-refractivity contribution >= 4 is 11.6 Å². The Labute approximate surface area is 115 Å². The van der Waals surface area contributed by atoms with E-state index in [-0.39, 0.29) is 0 Å². The fraction of sp³-hybridized carbons (Fsp3) is 0.786. The third-order valence-electron chi connectivity index (χ3n) is 3.88. The second-order valence-corrected chi connectivity index (χ2v) is 5.73. The smallest absolute Gasteiger partial charge is 0.0844 e. The largest absolute Gasteiger partial charge is 0.314 e. The summed E-state index contributed by atoms with van der Waals surface area (Å²) in [4.78, 5) is 0. The summed E-state index contributed by atoms with van der Waals surface area (Å²) >= 11 is 6.13. The van der Waals surface area contributed by atoms with Crippen LogP contribution in [0.5, 0.6) is 0 Å². The van der Waals surface area contributed by atoms with Crippen LogP contribution in [-0.2, 0) is 6.54 Å². The fourth-order valence-corrected chi connectivity index (χ4v) is 2.87. The predicted molar refractivity (Wildman–Crippen MR) is 76.2 cm³/mol. The van der Waals surface area contributed by atoms with Gasteiger partial charge in [0.1, 0.15) is 0 Å². The highest BCUT2D eigenvalue weighted by Crippen LogP contribution is 2.19. The van der Waals surface area contributed by atoms with Gasteiger partial charge in [-0.1, -0.05) is 30.9 Å². The van der Waals surface area contributed by atoms with Crippen molar-refractivity contribution in [2.45, 2.75) is 65.0 Å². The molecule has 0 saturated heterocycles. The normalized spacial score (nSPS) is 17.3. The first kappa shape index (κ1) is 13.9. The van der Waals surface area contributed by atoms with Gasteiger partial charge >= 0.3 is 0 Å². The SMILES string of the molecule is Cc1nn(CCCNC2CCCCC2)c(C)c1Cl. The van der Waals surface area contributed by atoms with Crippen LogP contribution >= 0.6 is 11.6 Å². The van der Waals surface area contributed by atoms with E-state index in [0.29, 0.717) is 0 Å². The minimum Gasteiger partial charge on any atom is -0.314 e. The molecule has 0 bridgehead atoms. The van der Waals surface area contributed by atoms with Gasteiger partial charge in [0.05, 0.1) is 16.4 Å². The summed E-state index contributed by atoms with van der Waals surface area (Å²) in [6.45, 7) is 6.04. The van der Waals surface area contributed by atoms with E-state index in [4.69, 9.17) is 11.6 Å². The standard InChI is InChI=1S/C14H24ClN3/c1-11-14(15)12(2)18(17-11)10-6-9-16-13-7-4-3-5-8-13/h13,16H,3-10H2,1-2H3. The molecule has 1 N–H and O–H groups in total. The lowest BCUT2D eigenvalue weighted by Gasteiger charge is -2.22. The summed E-state index contributed by atoms with van der Waals surface area (Å²) in [5.41, 5.74) is 2.03. The van der Waals surface area contributed by atoms with Crippen LogP contribution in [0.3, 0.4) is 0 Å². The summed E-state index contributed by atoms with van der Waals surface area (Å²) in [5.74, 6) is 0. The van der Waals surface area contributed by atoms with Crippen LogP contribution in [0, 0.1) is 13.8 Å². The van der Waals surface area contributed by atoms with Crippen LogP contribution in [0.1, 0.15) is 49.9 Å². The molecule has 0 radical (unpaired) electrons. The molecular weight excluding hydrogens is 246 g/mol. The summed E-state index contributed by atoms with van der Waals surface area (Å²) in [6, 6.07) is 0.753. The minimum atomic E-state index is 0.753. The van der Waals surface area contributed by atoms with E-state index in [0.717, 1.165) is 42.0 Å². The number of aromatic nitrogens is 2. The number of rotatable bonds is 5. The van der Waals surface area contributed by atoms with Crippen LogP contribution in [0.15, 0.2) is 0 Å². The number of hydrogen-bond donors (Lipinski definition) is 1. The zero-order valence-electron chi connectivity index (χ0n) is 11.5. The third kappa shape index (κ3) is 3.48. The van der Waals surface area contributed by atoms with E-state index >= 15 is 0 Å². The summed E-state index contributed by atoms with van der Waals surface area (Å²) in [5, 5.41) is 8.92. The molecule has 102 valence electrons. The molecule has 3 nitrogen and oxygen atoms in total. The second-order valence-electron chi connectivity index (χ2n) is 5.35. The molecule has 2 rings (SSSR count). The lowest BCUT2D eigenvalue weighted by Crippen LogP contribution is -2.32. The maximum absolute atomic E-state index is 6.13. The third-order valence-corrected chi connectivity index (χ3v) is 4.43. The van der Waals surface area contributed by atoms with Gasteiger partial charge in [0.2, 0.25) is 0 Å². The van der Waals surface area contributed by atoms with Crippen LogP contribution in [-0.4, -0.2) is 22.4 Å². The monoisotopic (exact) mass is 269 g/mol. The molecule has 1 aliphatic rings. The Morgan fingerprint density at radius 2 is 2.00 bits per heavy atom. The van der Waals surface area contributed by atoms with E-state index < -0.39 is 0 Å². The van der Waals surface area contributed by atoms with Crippen molar-refractivity contribution in [2.75, 3.05) is 6.54 Å². The van der Waals surface area contributed by atoms with E-state index in [1.54, 1.807) is 0 Å². The van der Waals surface area contributed by atoms with Gasteiger partial charge in [-0.25, -0.2) is 0 Å². The van der Waals surface area contributed by atoms with Gasteiger partial charge < -0.3 is 5.32 Å². The average Bonchev–Trinajstić information content (AvgIpc) is 2.64. The van der Waals surface area contributed by atoms with Crippen molar-refractivity contribution in [1.82, 2.24) is 15.1 Å². The van der Waals surface area contributed by atoms with Gasteiger partial charge in [-0.15, -0.1) is 0 Å². The van der Waals surface area contributed by atoms with E-state index in [2.05, 4.69) is 10.4 Å². The van der Waals surface area contributed by atoms with Gasteiger partial charge in [-0.05, 0) is 39.7 Å². The lowest BCUT2D eigenvalue weighted by molar-refractivity contribution is 0.367. The molecule has 0 spiro atoms. The van der Waals surface area contributed by atoms with Gasteiger partial charge in [-0.2, -0.15) is 5.10 Å². The Morgan fingerprint density at radius 3 is 2.61 bits per heavy atom. The maximum Gasteiger partial charge on any atom is 0.0844 e. The van der Waals surface area contributed by atoms with Crippen molar-refractivity contribution in [3.63, 3.8) is 0 Å². The molecule has 1 aliphatic carbocycles. The van der Waals surface area contributed by atoms with Crippen molar-refractivity contribution in [3.05, 3.63) is 16.4 Å². The molecule has 0 aromatic carbocycles. The van der Waals surface area contributed by atoms with Gasteiger partial charge in [0.25, 0.3) is 0 Å².